The number of aryl methyl sites for hydroxylation is 1. The van der Waals surface area contributed by atoms with Gasteiger partial charge in [0.05, 0.1) is 39.7 Å². The molecule has 4 aliphatic rings. The number of amides is 2. The number of piperazine rings is 1. The Balaban J connectivity index is 0.759. The van der Waals surface area contributed by atoms with Gasteiger partial charge in [0.2, 0.25) is 17.8 Å². The first-order valence-corrected chi connectivity index (χ1v) is 26.8. The number of methoxy groups -OCH3 is 1. The van der Waals surface area contributed by atoms with Crippen molar-refractivity contribution >= 4 is 85.7 Å². The van der Waals surface area contributed by atoms with Gasteiger partial charge in [-0.05, 0) is 122 Å². The molecule has 2 atom stereocenters. The van der Waals surface area contributed by atoms with Crippen LogP contribution in [0.2, 0.25) is 0 Å². The van der Waals surface area contributed by atoms with E-state index < -0.39 is 7.14 Å². The van der Waals surface area contributed by atoms with Crippen molar-refractivity contribution < 1.29 is 18.9 Å². The second-order valence-electron chi connectivity index (χ2n) is 18.5. The number of anilines is 6. The highest BCUT2D eigenvalue weighted by atomic mass is 79.9. The summed E-state index contributed by atoms with van der Waals surface area (Å²) in [5.74, 6) is 1.74. The Morgan fingerprint density at radius 2 is 1.62 bits per heavy atom. The summed E-state index contributed by atoms with van der Waals surface area (Å²) in [6.07, 6.45) is 11.5. The van der Waals surface area contributed by atoms with Gasteiger partial charge in [0.25, 0.3) is 0 Å². The molecule has 6 heterocycles. The minimum atomic E-state index is -2.77. The molecule has 3 N–H and O–H groups in total. The minimum Gasteiger partial charge on any atom is -0.494 e. The van der Waals surface area contributed by atoms with E-state index in [1.54, 1.807) is 39.0 Å². The molecule has 4 fully saturated rings. The summed E-state index contributed by atoms with van der Waals surface area (Å²) in [6, 6.07) is 17.1. The number of hydrogen-bond acceptors (Lipinski definition) is 14. The van der Waals surface area contributed by atoms with E-state index in [-0.39, 0.29) is 17.7 Å². The molecular formula is C49H61BrN11O4P. The standard InChI is InChI=1S/C49H61BrN11O4P/c1-5-33-28-41(55-49-53-30-38(50)47(57-49)54-40-12-11-39-45(52-19-18-51-39)46(40)66(3,4)64)43(65-2)29-42(33)60-22-16-36(17-23-60)59-26-24-58(25-27-59)20-14-32-15-21-61(31-32)35-8-6-34(7-9-35)37-10-13-44(62)56-48(37)63/h6-9,11-12,18-19,28-30,32,36-37H,5,10,13-17,20-27,31H2,1-4H3,(H,56,62,63)(H2,53,54,55,57)/t32-,37?/m0/s1. The molecule has 66 heavy (non-hydrogen) atoms. The summed E-state index contributed by atoms with van der Waals surface area (Å²) < 4.78 is 20.2. The smallest absolute Gasteiger partial charge is 0.234 e. The van der Waals surface area contributed by atoms with Crippen LogP contribution in [0.25, 0.3) is 11.0 Å². The molecule has 1 unspecified atom stereocenters. The van der Waals surface area contributed by atoms with Crippen molar-refractivity contribution in [3.05, 3.63) is 82.7 Å². The molecule has 9 rings (SSSR count). The van der Waals surface area contributed by atoms with Crippen molar-refractivity contribution in [2.24, 2.45) is 5.92 Å². The quantitative estimate of drug-likeness (QED) is 0.0741. The summed E-state index contributed by atoms with van der Waals surface area (Å²) >= 11 is 3.61. The van der Waals surface area contributed by atoms with Crippen LogP contribution in [-0.2, 0) is 20.6 Å². The van der Waals surface area contributed by atoms with Gasteiger partial charge < -0.3 is 34.6 Å². The molecule has 17 heteroatoms. The molecular weight excluding hydrogens is 917 g/mol. The average molecular weight is 979 g/mol. The van der Waals surface area contributed by atoms with Gasteiger partial charge in [0.1, 0.15) is 24.2 Å². The fraction of sp³-hybridized carbons (Fsp3) is 0.469. The molecule has 0 radical (unpaired) electrons. The number of hydrogen-bond donors (Lipinski definition) is 3. The Bertz CT molecular complexity index is 2610. The SMILES string of the molecule is CCc1cc(Nc2ncc(Br)c(Nc3ccc4nccnc4c3P(C)(C)=O)n2)c(OC)cc1N1CCC(N2CCN(CC[C@H]3CCN(c4ccc(C5CCC(=O)NC5=O)cc4)C3)CC2)CC1. The van der Waals surface area contributed by atoms with Gasteiger partial charge >= 0.3 is 0 Å². The largest absolute Gasteiger partial charge is 0.494 e. The summed E-state index contributed by atoms with van der Waals surface area (Å²) in [4.78, 5) is 52.7. The third-order valence-corrected chi connectivity index (χ3v) is 16.1. The van der Waals surface area contributed by atoms with Gasteiger partial charge in [0.15, 0.2) is 0 Å². The number of piperidine rings is 2. The van der Waals surface area contributed by atoms with Crippen LogP contribution < -0.4 is 35.8 Å². The molecule has 0 aliphatic carbocycles. The first kappa shape index (κ1) is 46.0. The van der Waals surface area contributed by atoms with Crippen molar-refractivity contribution in [2.75, 3.05) is 99.8 Å². The van der Waals surface area contributed by atoms with Crippen LogP contribution in [0.5, 0.6) is 5.75 Å². The number of rotatable bonds is 14. The van der Waals surface area contributed by atoms with Crippen molar-refractivity contribution in [1.29, 1.82) is 0 Å². The molecule has 0 saturated carbocycles. The van der Waals surface area contributed by atoms with Crippen molar-refractivity contribution in [3.63, 3.8) is 0 Å². The number of benzene rings is 3. The number of carbonyl (C=O) groups is 2. The molecule has 4 saturated heterocycles. The summed E-state index contributed by atoms with van der Waals surface area (Å²) in [5.41, 5.74) is 7.40. The van der Waals surface area contributed by atoms with E-state index in [0.29, 0.717) is 63.1 Å². The van der Waals surface area contributed by atoms with Crippen LogP contribution in [0.3, 0.4) is 0 Å². The lowest BCUT2D eigenvalue weighted by atomic mass is 9.90. The number of carbonyl (C=O) groups excluding carboxylic acids is 2. The maximum absolute atomic E-state index is 13.5. The summed E-state index contributed by atoms with van der Waals surface area (Å²) in [7, 11) is -1.07. The Hall–Kier alpha value is -5.15. The van der Waals surface area contributed by atoms with Crippen LogP contribution in [-0.4, -0.2) is 127 Å². The molecule has 2 aromatic heterocycles. The third kappa shape index (κ3) is 10.2. The van der Waals surface area contributed by atoms with Crippen LogP contribution in [0.15, 0.2) is 71.6 Å². The number of nitrogens with one attached hydrogen (secondary N) is 3. The molecule has 0 spiro atoms. The highest BCUT2D eigenvalue weighted by molar-refractivity contribution is 9.10. The molecule has 0 bridgehead atoms. The summed E-state index contributed by atoms with van der Waals surface area (Å²) in [6.45, 7) is 15.5. The predicted octanol–water partition coefficient (Wildman–Crippen LogP) is 7.51. The van der Waals surface area contributed by atoms with Crippen molar-refractivity contribution in [2.45, 2.75) is 63.8 Å². The third-order valence-electron chi connectivity index (χ3n) is 13.9. The lowest BCUT2D eigenvalue weighted by Crippen LogP contribution is -2.53. The van der Waals surface area contributed by atoms with Gasteiger partial charge in [-0.2, -0.15) is 4.98 Å². The molecule has 3 aromatic carbocycles. The number of imide groups is 1. The fourth-order valence-corrected chi connectivity index (χ4v) is 12.0. The average Bonchev–Trinajstić information content (AvgIpc) is 3.81. The van der Waals surface area contributed by atoms with Gasteiger partial charge in [-0.15, -0.1) is 0 Å². The van der Waals surface area contributed by atoms with E-state index in [9.17, 15) is 14.2 Å². The minimum absolute atomic E-state index is 0.172. The highest BCUT2D eigenvalue weighted by Gasteiger charge is 2.31. The monoisotopic (exact) mass is 977 g/mol. The Morgan fingerprint density at radius 3 is 2.35 bits per heavy atom. The van der Waals surface area contributed by atoms with Gasteiger partial charge in [-0.3, -0.25) is 29.8 Å². The highest BCUT2D eigenvalue weighted by Crippen LogP contribution is 2.42. The van der Waals surface area contributed by atoms with E-state index in [1.807, 2.05) is 12.1 Å². The lowest BCUT2D eigenvalue weighted by molar-refractivity contribution is -0.134. The Morgan fingerprint density at radius 1 is 0.864 bits per heavy atom. The topological polar surface area (TPSA) is 161 Å². The first-order valence-electron chi connectivity index (χ1n) is 23.4. The Kier molecular flexibility index (Phi) is 13.9. The molecule has 2 amide bonds. The van der Waals surface area contributed by atoms with E-state index >= 15 is 0 Å². The maximum atomic E-state index is 13.5. The second kappa shape index (κ2) is 20.0. The molecule has 348 valence electrons. The van der Waals surface area contributed by atoms with Gasteiger partial charge in [0, 0.05) is 101 Å². The van der Waals surface area contributed by atoms with Gasteiger partial charge in [-0.25, -0.2) is 4.98 Å². The maximum Gasteiger partial charge on any atom is 0.234 e. The van der Waals surface area contributed by atoms with E-state index in [1.165, 1.54) is 29.8 Å². The number of ether oxygens (including phenoxy) is 1. The molecule has 5 aromatic rings. The predicted molar refractivity (Wildman–Crippen MR) is 267 cm³/mol. The number of halogens is 1. The number of nitrogens with zero attached hydrogens (tertiary/aromatic N) is 8. The summed E-state index contributed by atoms with van der Waals surface area (Å²) in [5, 5.41) is 9.92. The molecule has 15 nitrogen and oxygen atoms in total. The van der Waals surface area contributed by atoms with Crippen LogP contribution in [0, 0.1) is 5.92 Å². The van der Waals surface area contributed by atoms with Crippen molar-refractivity contribution in [3.8, 4) is 5.75 Å². The van der Waals surface area contributed by atoms with Crippen LogP contribution >= 0.6 is 23.1 Å². The lowest BCUT2D eigenvalue weighted by Gasteiger charge is -2.43. The van der Waals surface area contributed by atoms with Crippen LogP contribution in [0.1, 0.15) is 62.5 Å². The van der Waals surface area contributed by atoms with E-state index in [2.05, 4.69) is 110 Å². The number of aromatic nitrogens is 4. The zero-order valence-electron chi connectivity index (χ0n) is 38.4. The zero-order valence-corrected chi connectivity index (χ0v) is 40.9. The normalized spacial score (nSPS) is 20.2. The Labute approximate surface area is 396 Å². The van der Waals surface area contributed by atoms with E-state index in [0.717, 1.165) is 95.2 Å². The first-order chi connectivity index (χ1) is 31.9. The molecule has 4 aliphatic heterocycles. The van der Waals surface area contributed by atoms with E-state index in [4.69, 9.17) is 9.72 Å². The van der Waals surface area contributed by atoms with Crippen LogP contribution in [0.4, 0.5) is 34.5 Å². The number of fused-ring (bicyclic) bond motifs is 1. The van der Waals surface area contributed by atoms with Crippen molar-refractivity contribution in [1.82, 2.24) is 35.1 Å². The fourth-order valence-electron chi connectivity index (χ4n) is 10.3. The van der Waals surface area contributed by atoms with Gasteiger partial charge in [-0.1, -0.05) is 19.1 Å². The second-order valence-corrected chi connectivity index (χ2v) is 22.5. The zero-order chi connectivity index (χ0) is 46.0.